The van der Waals surface area contributed by atoms with E-state index in [1.54, 1.807) is 42.5 Å². The summed E-state index contributed by atoms with van der Waals surface area (Å²) in [5.41, 5.74) is 1.59. The minimum atomic E-state index is -0.350. The maximum atomic E-state index is 12.4. The SMILES string of the molecule is CCCCOC(=O)c1ccc(NC(=O)c2cccc(OCCC)c2)cc1. The molecule has 0 aliphatic carbocycles. The van der Waals surface area contributed by atoms with Crippen LogP contribution in [-0.2, 0) is 4.74 Å². The standard InChI is InChI=1S/C21H25NO4/c1-3-5-14-26-21(24)16-9-11-18(12-10-16)22-20(23)17-7-6-8-19(15-17)25-13-4-2/h6-12,15H,3-5,13-14H2,1-2H3,(H,22,23). The maximum absolute atomic E-state index is 12.4. The fraction of sp³-hybridized carbons (Fsp3) is 0.333. The molecule has 2 aromatic carbocycles. The fourth-order valence-corrected chi connectivity index (χ4v) is 2.23. The van der Waals surface area contributed by atoms with E-state index in [1.165, 1.54) is 0 Å². The van der Waals surface area contributed by atoms with Crippen molar-refractivity contribution < 1.29 is 19.1 Å². The van der Waals surface area contributed by atoms with Crippen LogP contribution >= 0.6 is 0 Å². The first-order valence-electron chi connectivity index (χ1n) is 8.95. The number of hydrogen-bond acceptors (Lipinski definition) is 4. The molecule has 0 bridgehead atoms. The summed E-state index contributed by atoms with van der Waals surface area (Å²) in [5, 5.41) is 2.81. The number of carbonyl (C=O) groups excluding carboxylic acids is 2. The molecular formula is C21H25NO4. The van der Waals surface area contributed by atoms with Gasteiger partial charge in [-0.3, -0.25) is 4.79 Å². The van der Waals surface area contributed by atoms with Gasteiger partial charge in [-0.1, -0.05) is 26.3 Å². The van der Waals surface area contributed by atoms with Crippen molar-refractivity contribution in [2.75, 3.05) is 18.5 Å². The third-order valence-electron chi connectivity index (χ3n) is 3.68. The largest absolute Gasteiger partial charge is 0.494 e. The van der Waals surface area contributed by atoms with Gasteiger partial charge in [-0.15, -0.1) is 0 Å². The highest BCUT2D eigenvalue weighted by molar-refractivity contribution is 6.04. The van der Waals surface area contributed by atoms with Crippen molar-refractivity contribution in [2.24, 2.45) is 0 Å². The average molecular weight is 355 g/mol. The topological polar surface area (TPSA) is 64.6 Å². The monoisotopic (exact) mass is 355 g/mol. The quantitative estimate of drug-likeness (QED) is 0.524. The van der Waals surface area contributed by atoms with Crippen molar-refractivity contribution in [2.45, 2.75) is 33.1 Å². The smallest absolute Gasteiger partial charge is 0.338 e. The number of amides is 1. The summed E-state index contributed by atoms with van der Waals surface area (Å²) in [6.45, 7) is 5.10. The Morgan fingerprint density at radius 2 is 1.69 bits per heavy atom. The number of rotatable bonds is 9. The maximum Gasteiger partial charge on any atom is 0.338 e. The summed E-state index contributed by atoms with van der Waals surface area (Å²) in [6.07, 6.45) is 2.73. The van der Waals surface area contributed by atoms with E-state index in [1.807, 2.05) is 19.9 Å². The zero-order valence-electron chi connectivity index (χ0n) is 15.3. The molecule has 1 amide bonds. The summed E-state index contributed by atoms with van der Waals surface area (Å²) < 4.78 is 10.7. The first-order chi connectivity index (χ1) is 12.6. The van der Waals surface area contributed by atoms with Gasteiger partial charge in [0, 0.05) is 11.3 Å². The molecule has 26 heavy (non-hydrogen) atoms. The van der Waals surface area contributed by atoms with E-state index < -0.39 is 0 Å². The van der Waals surface area contributed by atoms with Gasteiger partial charge >= 0.3 is 5.97 Å². The number of benzene rings is 2. The van der Waals surface area contributed by atoms with E-state index in [-0.39, 0.29) is 11.9 Å². The van der Waals surface area contributed by atoms with Crippen LogP contribution in [0.2, 0.25) is 0 Å². The van der Waals surface area contributed by atoms with Crippen molar-refractivity contribution in [3.05, 3.63) is 59.7 Å². The Morgan fingerprint density at radius 1 is 0.923 bits per heavy atom. The molecular weight excluding hydrogens is 330 g/mol. The number of esters is 1. The van der Waals surface area contributed by atoms with E-state index in [0.717, 1.165) is 19.3 Å². The second-order valence-corrected chi connectivity index (χ2v) is 5.90. The fourth-order valence-electron chi connectivity index (χ4n) is 2.23. The number of unbranched alkanes of at least 4 members (excludes halogenated alkanes) is 1. The normalized spacial score (nSPS) is 10.2. The molecule has 0 radical (unpaired) electrons. The second-order valence-electron chi connectivity index (χ2n) is 5.90. The molecule has 2 rings (SSSR count). The molecule has 0 aliphatic rings. The van der Waals surface area contributed by atoms with Gasteiger partial charge < -0.3 is 14.8 Å². The number of hydrogen-bond donors (Lipinski definition) is 1. The molecule has 0 spiro atoms. The zero-order chi connectivity index (χ0) is 18.8. The Kier molecular flexibility index (Phi) is 7.68. The summed E-state index contributed by atoms with van der Waals surface area (Å²) in [4.78, 5) is 24.2. The molecule has 5 heteroatoms. The predicted octanol–water partition coefficient (Wildman–Crippen LogP) is 4.68. The number of nitrogens with one attached hydrogen (secondary N) is 1. The summed E-state index contributed by atoms with van der Waals surface area (Å²) in [5.74, 6) is 0.0898. The van der Waals surface area contributed by atoms with Gasteiger partial charge in [0.05, 0.1) is 18.8 Å². The second kappa shape index (κ2) is 10.2. The lowest BCUT2D eigenvalue weighted by molar-refractivity contribution is 0.0499. The van der Waals surface area contributed by atoms with Crippen LogP contribution in [0.15, 0.2) is 48.5 Å². The minimum absolute atomic E-state index is 0.231. The Morgan fingerprint density at radius 3 is 2.38 bits per heavy atom. The number of anilines is 1. The van der Waals surface area contributed by atoms with E-state index >= 15 is 0 Å². The summed E-state index contributed by atoms with van der Waals surface area (Å²) in [7, 11) is 0. The summed E-state index contributed by atoms with van der Waals surface area (Å²) in [6, 6.07) is 13.7. The molecule has 5 nitrogen and oxygen atoms in total. The Hall–Kier alpha value is -2.82. The molecule has 0 saturated heterocycles. The lowest BCUT2D eigenvalue weighted by Crippen LogP contribution is -2.12. The Labute approximate surface area is 154 Å². The molecule has 0 heterocycles. The average Bonchev–Trinajstić information content (AvgIpc) is 2.67. The molecule has 0 aromatic heterocycles. The van der Waals surface area contributed by atoms with Crippen molar-refractivity contribution in [3.63, 3.8) is 0 Å². The third-order valence-corrected chi connectivity index (χ3v) is 3.68. The molecule has 0 atom stereocenters. The van der Waals surface area contributed by atoms with Gasteiger partial charge in [0.15, 0.2) is 0 Å². The van der Waals surface area contributed by atoms with Gasteiger partial charge in [-0.05, 0) is 55.3 Å². The zero-order valence-corrected chi connectivity index (χ0v) is 15.3. The van der Waals surface area contributed by atoms with Crippen LogP contribution in [0, 0.1) is 0 Å². The lowest BCUT2D eigenvalue weighted by atomic mass is 10.1. The number of ether oxygens (including phenoxy) is 2. The van der Waals surface area contributed by atoms with Gasteiger partial charge in [0.1, 0.15) is 5.75 Å². The van der Waals surface area contributed by atoms with Gasteiger partial charge in [-0.25, -0.2) is 4.79 Å². The van der Waals surface area contributed by atoms with Crippen LogP contribution in [-0.4, -0.2) is 25.1 Å². The van der Waals surface area contributed by atoms with Gasteiger partial charge in [-0.2, -0.15) is 0 Å². The highest BCUT2D eigenvalue weighted by atomic mass is 16.5. The summed E-state index contributed by atoms with van der Waals surface area (Å²) >= 11 is 0. The highest BCUT2D eigenvalue weighted by Crippen LogP contribution is 2.16. The molecule has 1 N–H and O–H groups in total. The van der Waals surface area contributed by atoms with E-state index in [9.17, 15) is 9.59 Å². The van der Waals surface area contributed by atoms with E-state index in [2.05, 4.69) is 5.32 Å². The Bertz CT molecular complexity index is 725. The van der Waals surface area contributed by atoms with Crippen LogP contribution in [0.1, 0.15) is 53.8 Å². The Balaban J connectivity index is 1.96. The first-order valence-corrected chi connectivity index (χ1v) is 8.95. The van der Waals surface area contributed by atoms with Gasteiger partial charge in [0.2, 0.25) is 0 Å². The van der Waals surface area contributed by atoms with Gasteiger partial charge in [0.25, 0.3) is 5.91 Å². The van der Waals surface area contributed by atoms with Crippen LogP contribution in [0.4, 0.5) is 5.69 Å². The lowest BCUT2D eigenvalue weighted by Gasteiger charge is -2.09. The van der Waals surface area contributed by atoms with Crippen LogP contribution in [0.5, 0.6) is 5.75 Å². The predicted molar refractivity (Wildman–Crippen MR) is 102 cm³/mol. The van der Waals surface area contributed by atoms with E-state index in [0.29, 0.717) is 35.8 Å². The third kappa shape index (κ3) is 5.92. The van der Waals surface area contributed by atoms with Crippen molar-refractivity contribution in [3.8, 4) is 5.75 Å². The molecule has 0 fully saturated rings. The van der Waals surface area contributed by atoms with E-state index in [4.69, 9.17) is 9.47 Å². The first kappa shape index (κ1) is 19.5. The minimum Gasteiger partial charge on any atom is -0.494 e. The van der Waals surface area contributed by atoms with Crippen LogP contribution in [0.3, 0.4) is 0 Å². The molecule has 138 valence electrons. The van der Waals surface area contributed by atoms with Crippen molar-refractivity contribution >= 4 is 17.6 Å². The molecule has 0 saturated carbocycles. The van der Waals surface area contributed by atoms with Crippen LogP contribution in [0.25, 0.3) is 0 Å². The highest BCUT2D eigenvalue weighted by Gasteiger charge is 2.10. The number of carbonyl (C=O) groups is 2. The van der Waals surface area contributed by atoms with Crippen molar-refractivity contribution in [1.29, 1.82) is 0 Å². The molecule has 0 unspecified atom stereocenters. The molecule has 2 aromatic rings. The molecule has 0 aliphatic heterocycles. The van der Waals surface area contributed by atoms with Crippen molar-refractivity contribution in [1.82, 2.24) is 0 Å². The van der Waals surface area contributed by atoms with Crippen LogP contribution < -0.4 is 10.1 Å².